The van der Waals surface area contributed by atoms with Crippen molar-refractivity contribution >= 4 is 28.8 Å². The Morgan fingerprint density at radius 1 is 1.13 bits per heavy atom. The van der Waals surface area contributed by atoms with E-state index in [0.717, 1.165) is 35.6 Å². The molecule has 7 heteroatoms. The van der Waals surface area contributed by atoms with Crippen LogP contribution >= 0.6 is 23.2 Å². The number of ether oxygens (including phenoxy) is 1. The van der Waals surface area contributed by atoms with Crippen LogP contribution in [0.25, 0.3) is 5.57 Å². The van der Waals surface area contributed by atoms with Gasteiger partial charge in [0.2, 0.25) is 0 Å². The first-order valence-corrected chi connectivity index (χ1v) is 10.6. The molecule has 2 N–H and O–H groups in total. The molecule has 0 saturated heterocycles. The molecule has 0 bridgehead atoms. The average Bonchev–Trinajstić information content (AvgIpc) is 3.46. The molecule has 0 unspecified atom stereocenters. The van der Waals surface area contributed by atoms with Crippen LogP contribution in [0.1, 0.15) is 30.9 Å². The lowest BCUT2D eigenvalue weighted by atomic mass is 9.89. The van der Waals surface area contributed by atoms with Crippen LogP contribution in [0, 0.1) is 11.6 Å². The van der Waals surface area contributed by atoms with E-state index in [0.29, 0.717) is 41.1 Å². The molecule has 1 fully saturated rings. The van der Waals surface area contributed by atoms with Gasteiger partial charge in [-0.05, 0) is 60.7 Å². The molecule has 0 aromatic heterocycles. The minimum absolute atomic E-state index is 0.309. The first-order chi connectivity index (χ1) is 14.3. The van der Waals surface area contributed by atoms with E-state index >= 15 is 0 Å². The Bertz CT molecular complexity index is 1050. The molecular weight excluding hydrogens is 429 g/mol. The fourth-order valence-electron chi connectivity index (χ4n) is 3.69. The third-order valence-electron chi connectivity index (χ3n) is 5.45. The molecule has 2 aromatic carbocycles. The van der Waals surface area contributed by atoms with E-state index in [1.807, 2.05) is 18.3 Å². The van der Waals surface area contributed by atoms with E-state index in [2.05, 4.69) is 4.90 Å². The number of halogens is 4. The maximum Gasteiger partial charge on any atom is 0.162 e. The molecular formula is C23H22Cl2F2N2O. The van der Waals surface area contributed by atoms with Crippen molar-refractivity contribution in [2.75, 3.05) is 13.2 Å². The van der Waals surface area contributed by atoms with Crippen LogP contribution in [-0.4, -0.2) is 23.6 Å². The SMILES string of the molecule is CCOc1cc(F)c(F)cc1C1=CCN(Cc2cc(Cl)ccc2Cl)C=C1C1(N)CC1. The first-order valence-electron chi connectivity index (χ1n) is 9.82. The third kappa shape index (κ3) is 4.20. The van der Waals surface area contributed by atoms with Gasteiger partial charge in [-0.2, -0.15) is 0 Å². The summed E-state index contributed by atoms with van der Waals surface area (Å²) in [6, 6.07) is 7.65. The summed E-state index contributed by atoms with van der Waals surface area (Å²) in [5.74, 6) is -1.54. The number of hydrogen-bond acceptors (Lipinski definition) is 3. The zero-order valence-electron chi connectivity index (χ0n) is 16.5. The van der Waals surface area contributed by atoms with Crippen molar-refractivity contribution in [2.24, 2.45) is 5.73 Å². The summed E-state index contributed by atoms with van der Waals surface area (Å²) in [5.41, 5.74) is 9.16. The quantitative estimate of drug-likeness (QED) is 0.591. The lowest BCUT2D eigenvalue weighted by Crippen LogP contribution is -2.31. The van der Waals surface area contributed by atoms with Crippen LogP contribution in [-0.2, 0) is 6.54 Å². The van der Waals surface area contributed by atoms with Gasteiger partial charge >= 0.3 is 0 Å². The largest absolute Gasteiger partial charge is 0.493 e. The Morgan fingerprint density at radius 2 is 1.87 bits per heavy atom. The summed E-state index contributed by atoms with van der Waals surface area (Å²) >= 11 is 12.4. The smallest absolute Gasteiger partial charge is 0.162 e. The summed E-state index contributed by atoms with van der Waals surface area (Å²) < 4.78 is 33.5. The molecule has 0 atom stereocenters. The van der Waals surface area contributed by atoms with Crippen molar-refractivity contribution in [2.45, 2.75) is 31.8 Å². The van der Waals surface area contributed by atoms with E-state index in [4.69, 9.17) is 33.7 Å². The van der Waals surface area contributed by atoms with Gasteiger partial charge in [0.1, 0.15) is 5.75 Å². The van der Waals surface area contributed by atoms with Gasteiger partial charge < -0.3 is 15.4 Å². The molecule has 0 spiro atoms. The minimum atomic E-state index is -0.935. The van der Waals surface area contributed by atoms with Crippen molar-refractivity contribution in [3.05, 3.63) is 81.0 Å². The molecule has 1 aliphatic heterocycles. The predicted molar refractivity (Wildman–Crippen MR) is 117 cm³/mol. The Morgan fingerprint density at radius 3 is 2.57 bits per heavy atom. The van der Waals surface area contributed by atoms with Crippen molar-refractivity contribution in [1.82, 2.24) is 4.90 Å². The summed E-state index contributed by atoms with van der Waals surface area (Å²) in [7, 11) is 0. The number of hydrogen-bond donors (Lipinski definition) is 1. The highest BCUT2D eigenvalue weighted by Crippen LogP contribution is 2.48. The number of benzene rings is 2. The molecule has 1 aliphatic carbocycles. The zero-order valence-corrected chi connectivity index (χ0v) is 18.0. The van der Waals surface area contributed by atoms with Gasteiger partial charge in [0.15, 0.2) is 11.6 Å². The highest BCUT2D eigenvalue weighted by molar-refractivity contribution is 6.33. The Hall–Kier alpha value is -2.08. The average molecular weight is 451 g/mol. The second-order valence-electron chi connectivity index (χ2n) is 7.68. The van der Waals surface area contributed by atoms with Crippen LogP contribution < -0.4 is 10.5 Å². The number of nitrogens with zero attached hydrogens (tertiary/aromatic N) is 1. The van der Waals surface area contributed by atoms with Gasteiger partial charge in [0.05, 0.1) is 6.61 Å². The highest BCUT2D eigenvalue weighted by Gasteiger charge is 2.45. The summed E-state index contributed by atoms with van der Waals surface area (Å²) in [6.45, 7) is 3.26. The normalized spacial score (nSPS) is 17.5. The van der Waals surface area contributed by atoms with Gasteiger partial charge in [-0.1, -0.05) is 29.3 Å². The van der Waals surface area contributed by atoms with Crippen LogP contribution in [0.4, 0.5) is 8.78 Å². The number of nitrogens with two attached hydrogens (primary N) is 1. The van der Waals surface area contributed by atoms with Gasteiger partial charge in [0, 0.05) is 46.5 Å². The lowest BCUT2D eigenvalue weighted by molar-refractivity contribution is 0.335. The Balaban J connectivity index is 1.71. The van der Waals surface area contributed by atoms with Crippen LogP contribution in [0.5, 0.6) is 5.75 Å². The topological polar surface area (TPSA) is 38.5 Å². The summed E-state index contributed by atoms with van der Waals surface area (Å²) in [6.07, 6.45) is 5.64. The maximum atomic E-state index is 14.1. The van der Waals surface area contributed by atoms with Crippen molar-refractivity contribution in [3.8, 4) is 5.75 Å². The molecule has 1 saturated carbocycles. The summed E-state index contributed by atoms with van der Waals surface area (Å²) in [4.78, 5) is 2.09. The van der Waals surface area contributed by atoms with E-state index in [1.54, 1.807) is 19.1 Å². The third-order valence-corrected chi connectivity index (χ3v) is 6.05. The van der Waals surface area contributed by atoms with Gasteiger partial charge in [-0.15, -0.1) is 0 Å². The van der Waals surface area contributed by atoms with Crippen LogP contribution in [0.15, 0.2) is 48.2 Å². The van der Waals surface area contributed by atoms with Crippen molar-refractivity contribution in [3.63, 3.8) is 0 Å². The van der Waals surface area contributed by atoms with E-state index in [1.165, 1.54) is 6.07 Å². The fraction of sp³-hybridized carbons (Fsp3) is 0.304. The molecule has 1 heterocycles. The highest BCUT2D eigenvalue weighted by atomic mass is 35.5. The van der Waals surface area contributed by atoms with Crippen molar-refractivity contribution < 1.29 is 13.5 Å². The second-order valence-corrected chi connectivity index (χ2v) is 8.52. The fourth-order valence-corrected chi connectivity index (χ4v) is 4.06. The molecule has 3 nitrogen and oxygen atoms in total. The van der Waals surface area contributed by atoms with Crippen LogP contribution in [0.2, 0.25) is 10.0 Å². The number of rotatable bonds is 6. The van der Waals surface area contributed by atoms with Crippen LogP contribution in [0.3, 0.4) is 0 Å². The van der Waals surface area contributed by atoms with E-state index < -0.39 is 17.2 Å². The van der Waals surface area contributed by atoms with Gasteiger partial charge in [0.25, 0.3) is 0 Å². The minimum Gasteiger partial charge on any atom is -0.493 e. The Labute approximate surface area is 184 Å². The predicted octanol–water partition coefficient (Wildman–Crippen LogP) is 5.94. The van der Waals surface area contributed by atoms with Crippen molar-refractivity contribution in [1.29, 1.82) is 0 Å². The second kappa shape index (κ2) is 8.22. The molecule has 2 aliphatic rings. The van der Waals surface area contributed by atoms with Gasteiger partial charge in [-0.25, -0.2) is 8.78 Å². The molecule has 4 rings (SSSR count). The van der Waals surface area contributed by atoms with E-state index in [9.17, 15) is 8.78 Å². The molecule has 158 valence electrons. The molecule has 2 aromatic rings. The standard InChI is InChI=1S/C23H22Cl2F2N2O/c1-2-30-22-11-21(27)20(26)10-17(22)16-5-8-29(13-18(16)23(28)6-7-23)12-14-9-15(24)3-4-19(14)25/h3-5,9-11,13H,2,6-8,12,28H2,1H3. The molecule has 0 amide bonds. The van der Waals surface area contributed by atoms with Gasteiger partial charge in [-0.3, -0.25) is 0 Å². The lowest BCUT2D eigenvalue weighted by Gasteiger charge is -2.30. The monoisotopic (exact) mass is 450 g/mol. The molecule has 0 radical (unpaired) electrons. The maximum absolute atomic E-state index is 14.1. The Kier molecular flexibility index (Phi) is 5.80. The summed E-state index contributed by atoms with van der Waals surface area (Å²) in [5, 5.41) is 1.25. The first kappa shape index (κ1) is 21.2. The van der Waals surface area contributed by atoms with E-state index in [-0.39, 0.29) is 0 Å². The molecule has 30 heavy (non-hydrogen) atoms. The zero-order chi connectivity index (χ0) is 21.5.